The minimum atomic E-state index is -1.30. The van der Waals surface area contributed by atoms with Crippen LogP contribution in [0.2, 0.25) is 0 Å². The van der Waals surface area contributed by atoms with E-state index in [0.717, 1.165) is 36.8 Å². The molecule has 0 spiro atoms. The fourth-order valence-corrected chi connectivity index (χ4v) is 4.50. The highest BCUT2D eigenvalue weighted by Crippen LogP contribution is 2.30. The van der Waals surface area contributed by atoms with Gasteiger partial charge < -0.3 is 26.0 Å². The molecular formula is C31H52N4O5. The van der Waals surface area contributed by atoms with Gasteiger partial charge in [0.15, 0.2) is 0 Å². The van der Waals surface area contributed by atoms with E-state index in [0.29, 0.717) is 24.4 Å². The number of hydrogen-bond acceptors (Lipinski definition) is 5. The molecule has 9 nitrogen and oxygen atoms in total. The largest absolute Gasteiger partial charge is 0.444 e. The molecule has 0 radical (unpaired) electrons. The van der Waals surface area contributed by atoms with E-state index in [9.17, 15) is 19.2 Å². The lowest BCUT2D eigenvalue weighted by atomic mass is 9.93. The number of nitrogens with two attached hydrogens (primary N) is 1. The fourth-order valence-electron chi connectivity index (χ4n) is 4.50. The number of aryl methyl sites for hydroxylation is 2. The van der Waals surface area contributed by atoms with Crippen LogP contribution in [0.5, 0.6) is 0 Å². The molecule has 0 fully saturated rings. The Morgan fingerprint density at radius 2 is 1.68 bits per heavy atom. The number of rotatable bonds is 15. The number of primary amides is 1. The number of amides is 4. The number of alkyl carbamates (subject to hydrolysis) is 1. The number of hydrogen-bond donors (Lipinski definition) is 3. The first-order valence-corrected chi connectivity index (χ1v) is 14.5. The zero-order valence-electron chi connectivity index (χ0n) is 26.1. The monoisotopic (exact) mass is 560 g/mol. The van der Waals surface area contributed by atoms with E-state index < -0.39 is 42.0 Å². The molecule has 4 N–H and O–H groups in total. The molecule has 0 aliphatic carbocycles. The molecule has 4 amide bonds. The smallest absolute Gasteiger partial charge is 0.408 e. The Labute approximate surface area is 241 Å². The lowest BCUT2D eigenvalue weighted by Gasteiger charge is -2.39. The van der Waals surface area contributed by atoms with Crippen LogP contribution in [0.3, 0.4) is 0 Å². The maximum atomic E-state index is 14.3. The molecule has 1 aromatic rings. The van der Waals surface area contributed by atoms with Gasteiger partial charge in [-0.1, -0.05) is 57.4 Å². The summed E-state index contributed by atoms with van der Waals surface area (Å²) in [5.74, 6) is -1.24. The molecular weight excluding hydrogens is 508 g/mol. The number of unbranched alkanes of at least 4 members (excludes halogenated alkanes) is 2. The Morgan fingerprint density at radius 1 is 1.02 bits per heavy atom. The molecule has 0 heterocycles. The van der Waals surface area contributed by atoms with Gasteiger partial charge in [0.05, 0.1) is 6.42 Å². The van der Waals surface area contributed by atoms with Crippen LogP contribution < -0.4 is 16.4 Å². The van der Waals surface area contributed by atoms with E-state index in [-0.39, 0.29) is 11.9 Å². The highest BCUT2D eigenvalue weighted by molar-refractivity contribution is 5.94. The minimum Gasteiger partial charge on any atom is -0.444 e. The van der Waals surface area contributed by atoms with Crippen LogP contribution in [0.1, 0.15) is 110 Å². The number of carbonyl (C=O) groups is 4. The molecule has 0 saturated carbocycles. The SMILES string of the molecule is CCCCCNC(=O)C(c1cc(C)ccc1C)N(C(=O)C(CC(N)=O)NC(=O)OC(C)(C)C)C(C)CCC(C)C. The second kappa shape index (κ2) is 16.2. The van der Waals surface area contributed by atoms with Crippen molar-refractivity contribution >= 4 is 23.8 Å². The maximum absolute atomic E-state index is 14.3. The van der Waals surface area contributed by atoms with Crippen molar-refractivity contribution in [3.8, 4) is 0 Å². The van der Waals surface area contributed by atoms with Crippen LogP contribution in [0, 0.1) is 19.8 Å². The standard InChI is InChI=1S/C31H52N4O5/c1-10-11-12-17-33-28(37)27(24-18-21(4)14-15-22(24)5)35(23(6)16-13-20(2)3)29(38)25(19-26(32)36)34-30(39)40-31(7,8)9/h14-15,18,20,23,25,27H,10-13,16-17,19H2,1-9H3,(H2,32,36)(H,33,37)(H,34,39). The predicted octanol–water partition coefficient (Wildman–Crippen LogP) is 5.07. The summed E-state index contributed by atoms with van der Waals surface area (Å²) >= 11 is 0. The first-order valence-electron chi connectivity index (χ1n) is 14.5. The van der Waals surface area contributed by atoms with Gasteiger partial charge in [-0.05, 0) is 77.8 Å². The van der Waals surface area contributed by atoms with Gasteiger partial charge >= 0.3 is 6.09 Å². The van der Waals surface area contributed by atoms with Crippen molar-refractivity contribution in [2.45, 2.75) is 125 Å². The van der Waals surface area contributed by atoms with Crippen molar-refractivity contribution < 1.29 is 23.9 Å². The van der Waals surface area contributed by atoms with E-state index >= 15 is 0 Å². The summed E-state index contributed by atoms with van der Waals surface area (Å²) in [6.07, 6.45) is 2.99. The second-order valence-electron chi connectivity index (χ2n) is 12.2. The van der Waals surface area contributed by atoms with Gasteiger partial charge in [0.1, 0.15) is 17.7 Å². The van der Waals surface area contributed by atoms with Crippen molar-refractivity contribution in [2.24, 2.45) is 11.7 Å². The average Bonchev–Trinajstić information content (AvgIpc) is 2.83. The lowest BCUT2D eigenvalue weighted by Crippen LogP contribution is -2.56. The molecule has 1 rings (SSSR count). The van der Waals surface area contributed by atoms with E-state index in [1.165, 1.54) is 4.90 Å². The lowest BCUT2D eigenvalue weighted by molar-refractivity contribution is -0.146. The average molecular weight is 561 g/mol. The summed E-state index contributed by atoms with van der Waals surface area (Å²) < 4.78 is 5.37. The predicted molar refractivity (Wildman–Crippen MR) is 159 cm³/mol. The van der Waals surface area contributed by atoms with Crippen LogP contribution >= 0.6 is 0 Å². The van der Waals surface area contributed by atoms with Crippen LogP contribution in [-0.2, 0) is 19.1 Å². The Hall–Kier alpha value is -3.10. The number of nitrogens with one attached hydrogen (secondary N) is 2. The van der Waals surface area contributed by atoms with Crippen molar-refractivity contribution in [1.29, 1.82) is 0 Å². The molecule has 226 valence electrons. The normalized spacial score (nSPS) is 13.8. The van der Waals surface area contributed by atoms with Crippen molar-refractivity contribution in [1.82, 2.24) is 15.5 Å². The van der Waals surface area contributed by atoms with Gasteiger partial charge in [-0.25, -0.2) is 4.79 Å². The molecule has 1 aromatic carbocycles. The van der Waals surface area contributed by atoms with E-state index in [1.807, 2.05) is 39.0 Å². The Morgan fingerprint density at radius 3 is 2.23 bits per heavy atom. The first-order chi connectivity index (χ1) is 18.6. The van der Waals surface area contributed by atoms with Gasteiger partial charge in [0, 0.05) is 12.6 Å². The van der Waals surface area contributed by atoms with Crippen molar-refractivity contribution in [3.63, 3.8) is 0 Å². The number of carbonyl (C=O) groups excluding carboxylic acids is 4. The van der Waals surface area contributed by atoms with Gasteiger partial charge in [-0.2, -0.15) is 0 Å². The summed E-state index contributed by atoms with van der Waals surface area (Å²) in [6, 6.07) is 3.18. The summed E-state index contributed by atoms with van der Waals surface area (Å²) in [7, 11) is 0. The van der Waals surface area contributed by atoms with Crippen molar-refractivity contribution in [3.05, 3.63) is 34.9 Å². The second-order valence-corrected chi connectivity index (χ2v) is 12.2. The minimum absolute atomic E-state index is 0.301. The number of nitrogens with zero attached hydrogens (tertiary/aromatic N) is 1. The van der Waals surface area contributed by atoms with E-state index in [1.54, 1.807) is 20.8 Å². The Kier molecular flexibility index (Phi) is 14.2. The molecule has 0 saturated heterocycles. The fraction of sp³-hybridized carbons (Fsp3) is 0.677. The van der Waals surface area contributed by atoms with Crippen molar-refractivity contribution in [2.75, 3.05) is 6.54 Å². The summed E-state index contributed by atoms with van der Waals surface area (Å²) in [6.45, 7) is 17.6. The number of ether oxygens (including phenoxy) is 1. The van der Waals surface area contributed by atoms with Gasteiger partial charge in [-0.3, -0.25) is 14.4 Å². The Balaban J connectivity index is 3.66. The van der Waals surface area contributed by atoms with Gasteiger partial charge in [-0.15, -0.1) is 0 Å². The molecule has 0 bridgehead atoms. The summed E-state index contributed by atoms with van der Waals surface area (Å²) in [4.78, 5) is 54.5. The first kappa shape index (κ1) is 34.9. The zero-order chi connectivity index (χ0) is 30.6. The molecule has 3 atom stereocenters. The third-order valence-electron chi connectivity index (χ3n) is 6.62. The van der Waals surface area contributed by atoms with E-state index in [2.05, 4.69) is 31.4 Å². The molecule has 3 unspecified atom stereocenters. The Bertz CT molecular complexity index is 1000. The molecule has 0 aliphatic rings. The molecule has 40 heavy (non-hydrogen) atoms. The third-order valence-corrected chi connectivity index (χ3v) is 6.62. The summed E-state index contributed by atoms with van der Waals surface area (Å²) in [5, 5.41) is 5.58. The van der Waals surface area contributed by atoms with Crippen LogP contribution in [-0.4, -0.2) is 52.9 Å². The topological polar surface area (TPSA) is 131 Å². The molecule has 0 aliphatic heterocycles. The van der Waals surface area contributed by atoms with Gasteiger partial charge in [0.25, 0.3) is 0 Å². The molecule has 9 heteroatoms. The summed E-state index contributed by atoms with van der Waals surface area (Å²) in [5.41, 5.74) is 7.22. The van der Waals surface area contributed by atoms with Crippen LogP contribution in [0.25, 0.3) is 0 Å². The zero-order valence-corrected chi connectivity index (χ0v) is 26.1. The quantitative estimate of drug-likeness (QED) is 0.258. The third kappa shape index (κ3) is 12.0. The van der Waals surface area contributed by atoms with Gasteiger partial charge in [0.2, 0.25) is 17.7 Å². The molecule has 0 aromatic heterocycles. The van der Waals surface area contributed by atoms with E-state index in [4.69, 9.17) is 10.5 Å². The highest BCUT2D eigenvalue weighted by atomic mass is 16.6. The highest BCUT2D eigenvalue weighted by Gasteiger charge is 2.40. The van der Waals surface area contributed by atoms with Crippen LogP contribution in [0.15, 0.2) is 18.2 Å². The maximum Gasteiger partial charge on any atom is 0.408 e. The van der Waals surface area contributed by atoms with Crippen LogP contribution in [0.4, 0.5) is 4.79 Å². The number of benzene rings is 1.